The Bertz CT molecular complexity index is 757. The molecule has 1 atom stereocenters. The highest BCUT2D eigenvalue weighted by molar-refractivity contribution is 6.29. The van der Waals surface area contributed by atoms with Gasteiger partial charge in [0, 0.05) is 18.9 Å². The first-order valence-electron chi connectivity index (χ1n) is 7.92. The number of hydroxylamine groups is 2. The van der Waals surface area contributed by atoms with Gasteiger partial charge in [-0.05, 0) is 25.0 Å². The van der Waals surface area contributed by atoms with E-state index in [2.05, 4.69) is 15.3 Å². The van der Waals surface area contributed by atoms with Gasteiger partial charge in [0.15, 0.2) is 5.15 Å². The number of benzene rings is 1. The van der Waals surface area contributed by atoms with E-state index in [-0.39, 0.29) is 17.6 Å². The van der Waals surface area contributed by atoms with E-state index in [1.807, 2.05) is 6.07 Å². The Morgan fingerprint density at radius 2 is 2.00 bits per heavy atom. The lowest BCUT2D eigenvalue weighted by Crippen LogP contribution is -2.44. The molecule has 8 heteroatoms. The van der Waals surface area contributed by atoms with E-state index >= 15 is 0 Å². The van der Waals surface area contributed by atoms with Gasteiger partial charge in [0.05, 0.1) is 17.8 Å². The molecule has 1 amide bonds. The van der Waals surface area contributed by atoms with E-state index in [9.17, 15) is 9.59 Å². The second kappa shape index (κ2) is 8.04. The van der Waals surface area contributed by atoms with Crippen LogP contribution in [-0.4, -0.2) is 39.5 Å². The average Bonchev–Trinajstić information content (AvgIpc) is 3.09. The van der Waals surface area contributed by atoms with Gasteiger partial charge in [0.1, 0.15) is 6.04 Å². The predicted molar refractivity (Wildman–Crippen MR) is 90.5 cm³/mol. The maximum atomic E-state index is 12.4. The molecule has 1 fully saturated rings. The summed E-state index contributed by atoms with van der Waals surface area (Å²) in [6, 6.07) is 8.15. The lowest BCUT2D eigenvalue weighted by Gasteiger charge is -2.22. The number of hydrogen-bond acceptors (Lipinski definition) is 6. The van der Waals surface area contributed by atoms with Crippen LogP contribution in [-0.2, 0) is 16.2 Å². The first-order chi connectivity index (χ1) is 12.1. The van der Waals surface area contributed by atoms with Gasteiger partial charge < -0.3 is 10.2 Å². The van der Waals surface area contributed by atoms with Crippen LogP contribution >= 0.6 is 11.6 Å². The van der Waals surface area contributed by atoms with Gasteiger partial charge in [-0.1, -0.05) is 29.8 Å². The molecule has 1 aromatic carbocycles. The summed E-state index contributed by atoms with van der Waals surface area (Å²) < 4.78 is 0. The van der Waals surface area contributed by atoms with Crippen LogP contribution in [0.5, 0.6) is 0 Å². The Kier molecular flexibility index (Phi) is 5.57. The third-order valence-electron chi connectivity index (χ3n) is 3.87. The monoisotopic (exact) mass is 360 g/mol. The van der Waals surface area contributed by atoms with Crippen LogP contribution in [0.2, 0.25) is 5.15 Å². The highest BCUT2D eigenvalue weighted by Crippen LogP contribution is 2.19. The van der Waals surface area contributed by atoms with Crippen LogP contribution in [0.15, 0.2) is 42.7 Å². The summed E-state index contributed by atoms with van der Waals surface area (Å²) >= 11 is 5.93. The number of aromatic nitrogens is 2. The summed E-state index contributed by atoms with van der Waals surface area (Å²) in [6.07, 6.45) is 4.38. The Balaban J connectivity index is 1.58. The Hall–Kier alpha value is -2.51. The summed E-state index contributed by atoms with van der Waals surface area (Å²) in [5.41, 5.74) is 0.934. The van der Waals surface area contributed by atoms with Gasteiger partial charge in [-0.2, -0.15) is 0 Å². The Morgan fingerprint density at radius 1 is 1.24 bits per heavy atom. The molecule has 1 N–H and O–H groups in total. The van der Waals surface area contributed by atoms with Gasteiger partial charge in [-0.25, -0.2) is 9.78 Å². The molecular weight excluding hydrogens is 344 g/mol. The van der Waals surface area contributed by atoms with Crippen LogP contribution in [0.25, 0.3) is 0 Å². The second-order valence-corrected chi connectivity index (χ2v) is 5.91. The fourth-order valence-corrected chi connectivity index (χ4v) is 2.77. The number of halogens is 1. The lowest BCUT2D eigenvalue weighted by molar-refractivity contribution is -0.148. The largest absolute Gasteiger partial charge is 0.363 e. The van der Waals surface area contributed by atoms with Crippen molar-refractivity contribution < 1.29 is 14.4 Å². The van der Waals surface area contributed by atoms with E-state index in [1.54, 1.807) is 24.3 Å². The molecule has 1 aliphatic rings. The molecule has 2 aromatic rings. The molecular formula is C17H17ClN4O3. The zero-order chi connectivity index (χ0) is 17.6. The molecule has 1 saturated heterocycles. The Morgan fingerprint density at radius 3 is 2.76 bits per heavy atom. The predicted octanol–water partition coefficient (Wildman–Crippen LogP) is 1.98. The van der Waals surface area contributed by atoms with Crippen LogP contribution in [0.4, 0.5) is 0 Å². The maximum absolute atomic E-state index is 12.4. The van der Waals surface area contributed by atoms with Crippen molar-refractivity contribution in [2.45, 2.75) is 25.4 Å². The number of hydrogen-bond donors (Lipinski definition) is 1. The van der Waals surface area contributed by atoms with Crippen molar-refractivity contribution >= 4 is 23.5 Å². The minimum atomic E-state index is -0.525. The molecule has 25 heavy (non-hydrogen) atoms. The number of carbonyl (C=O) groups is 2. The van der Waals surface area contributed by atoms with E-state index in [0.29, 0.717) is 24.2 Å². The van der Waals surface area contributed by atoms with Crippen molar-refractivity contribution in [1.82, 2.24) is 20.3 Å². The number of amides is 1. The maximum Gasteiger partial charge on any atom is 0.357 e. The van der Waals surface area contributed by atoms with E-state index < -0.39 is 12.0 Å². The zero-order valence-electron chi connectivity index (χ0n) is 13.4. The van der Waals surface area contributed by atoms with Crippen molar-refractivity contribution in [3.8, 4) is 0 Å². The van der Waals surface area contributed by atoms with Gasteiger partial charge >= 0.3 is 5.97 Å². The molecule has 1 aromatic heterocycles. The number of nitrogens with one attached hydrogen (secondary N) is 1. The molecule has 0 saturated carbocycles. The minimum Gasteiger partial charge on any atom is -0.363 e. The molecule has 3 rings (SSSR count). The lowest BCUT2D eigenvalue weighted by atomic mass is 10.2. The molecule has 1 aliphatic heterocycles. The molecule has 7 nitrogen and oxygen atoms in total. The highest BCUT2D eigenvalue weighted by Gasteiger charge is 2.34. The quantitative estimate of drug-likeness (QED) is 0.877. The molecule has 0 spiro atoms. The minimum absolute atomic E-state index is 0.169. The van der Waals surface area contributed by atoms with Gasteiger partial charge in [0.2, 0.25) is 5.91 Å². The van der Waals surface area contributed by atoms with Crippen LogP contribution in [0.3, 0.4) is 0 Å². The van der Waals surface area contributed by atoms with Crippen molar-refractivity contribution in [1.29, 1.82) is 0 Å². The fourth-order valence-electron chi connectivity index (χ4n) is 2.60. The summed E-state index contributed by atoms with van der Waals surface area (Å²) in [5.74, 6) is -0.711. The average molecular weight is 361 g/mol. The fraction of sp³-hybridized carbons (Fsp3) is 0.294. The highest BCUT2D eigenvalue weighted by atomic mass is 35.5. The van der Waals surface area contributed by atoms with Crippen molar-refractivity contribution in [3.63, 3.8) is 0 Å². The molecule has 0 radical (unpaired) electrons. The smallest absolute Gasteiger partial charge is 0.357 e. The summed E-state index contributed by atoms with van der Waals surface area (Å²) in [4.78, 5) is 38.0. The third kappa shape index (κ3) is 4.32. The van der Waals surface area contributed by atoms with Gasteiger partial charge in [-0.3, -0.25) is 9.78 Å². The van der Waals surface area contributed by atoms with Crippen LogP contribution < -0.4 is 5.32 Å². The van der Waals surface area contributed by atoms with Crippen molar-refractivity contribution in [3.05, 3.63) is 59.1 Å². The summed E-state index contributed by atoms with van der Waals surface area (Å²) in [7, 11) is 0. The summed E-state index contributed by atoms with van der Waals surface area (Å²) in [6.45, 7) is 0.686. The summed E-state index contributed by atoms with van der Waals surface area (Å²) in [5, 5.41) is 4.45. The molecule has 0 aliphatic carbocycles. The molecule has 0 unspecified atom stereocenters. The Labute approximate surface area is 149 Å². The number of rotatable bonds is 5. The molecule has 2 heterocycles. The van der Waals surface area contributed by atoms with Crippen LogP contribution in [0.1, 0.15) is 28.9 Å². The van der Waals surface area contributed by atoms with Crippen molar-refractivity contribution in [2.75, 3.05) is 6.54 Å². The third-order valence-corrected chi connectivity index (χ3v) is 4.18. The topological polar surface area (TPSA) is 84.4 Å². The number of carbonyl (C=O) groups excluding carboxylic acids is 2. The van der Waals surface area contributed by atoms with Gasteiger partial charge in [0.25, 0.3) is 0 Å². The van der Waals surface area contributed by atoms with Crippen molar-refractivity contribution in [2.24, 2.45) is 0 Å². The first kappa shape index (κ1) is 17.3. The van der Waals surface area contributed by atoms with E-state index in [4.69, 9.17) is 16.4 Å². The van der Waals surface area contributed by atoms with E-state index in [1.165, 1.54) is 17.5 Å². The zero-order valence-corrected chi connectivity index (χ0v) is 14.1. The first-order valence-corrected chi connectivity index (χ1v) is 8.30. The van der Waals surface area contributed by atoms with E-state index in [0.717, 1.165) is 6.42 Å². The normalized spacial score (nSPS) is 17.2. The van der Waals surface area contributed by atoms with Crippen LogP contribution in [0, 0.1) is 0 Å². The SMILES string of the molecule is O=C(ON1CCC[C@H]1C(=O)NCc1nccnc1Cl)c1ccccc1. The molecule has 130 valence electrons. The number of nitrogens with zero attached hydrogens (tertiary/aromatic N) is 3. The molecule has 0 bridgehead atoms. The second-order valence-electron chi connectivity index (χ2n) is 5.56. The van der Waals surface area contributed by atoms with Gasteiger partial charge in [-0.15, -0.1) is 5.06 Å². The standard InChI is InChI=1S/C17H17ClN4O3/c18-15-13(19-8-9-20-15)11-21-16(23)14-7-4-10-22(14)25-17(24)12-5-2-1-3-6-12/h1-3,5-6,8-9,14H,4,7,10-11H2,(H,21,23)/t14-/m0/s1.